The van der Waals surface area contributed by atoms with Crippen molar-refractivity contribution in [1.29, 1.82) is 4.78 Å². The zero-order chi connectivity index (χ0) is 22.7. The van der Waals surface area contributed by atoms with Gasteiger partial charge in [-0.3, -0.25) is 4.78 Å². The molecule has 0 radical (unpaired) electrons. The molecule has 168 valence electrons. The summed E-state index contributed by atoms with van der Waals surface area (Å²) in [6.45, 7) is 0.909. The predicted octanol–water partition coefficient (Wildman–Crippen LogP) is 4.93. The number of rotatable bonds is 2. The molecule has 0 saturated heterocycles. The number of halogens is 2. The molecule has 0 fully saturated rings. The van der Waals surface area contributed by atoms with Crippen LogP contribution >= 0.6 is 0 Å². The molecule has 2 aromatic heterocycles. The Bertz CT molecular complexity index is 1250. The Balaban J connectivity index is 1.77. The van der Waals surface area contributed by atoms with E-state index in [9.17, 15) is 13.0 Å². The van der Waals surface area contributed by atoms with Gasteiger partial charge < -0.3 is 15.4 Å². The van der Waals surface area contributed by atoms with Gasteiger partial charge in [0, 0.05) is 34.2 Å². The highest BCUT2D eigenvalue weighted by Gasteiger charge is 2.13. The van der Waals surface area contributed by atoms with Crippen molar-refractivity contribution >= 4 is 27.1 Å². The summed E-state index contributed by atoms with van der Waals surface area (Å²) in [4.78, 5) is 8.50. The minimum atomic E-state index is -2.77. The normalized spacial score (nSPS) is 15.6. The summed E-state index contributed by atoms with van der Waals surface area (Å²) in [6, 6.07) is 9.23. The Morgan fingerprint density at radius 3 is 2.78 bits per heavy atom. The Morgan fingerprint density at radius 1 is 1.12 bits per heavy atom. The molecule has 6 bridgehead atoms. The maximum absolute atomic E-state index is 14.6. The van der Waals surface area contributed by atoms with Gasteiger partial charge in [0.05, 0.1) is 24.2 Å². The Labute approximate surface area is 185 Å². The zero-order valence-electron chi connectivity index (χ0n) is 17.5. The molecule has 0 spiro atoms. The van der Waals surface area contributed by atoms with E-state index in [1.165, 1.54) is 24.5 Å². The largest absolute Gasteiger partial charge is 0.478 e. The average molecular weight is 460 g/mol. The van der Waals surface area contributed by atoms with E-state index in [-0.39, 0.29) is 11.3 Å². The molecule has 3 aromatic rings. The van der Waals surface area contributed by atoms with Crippen LogP contribution in [0.25, 0.3) is 11.1 Å². The minimum absolute atomic E-state index is 0.0466. The Morgan fingerprint density at radius 2 is 1.97 bits per heavy atom. The molecule has 1 aliphatic heterocycles. The highest BCUT2D eigenvalue weighted by molar-refractivity contribution is 7.90. The number of nitrogens with zero attached hydrogens (tertiary/aromatic N) is 2. The van der Waals surface area contributed by atoms with Crippen LogP contribution in [0.2, 0.25) is 0 Å². The number of nitrogens with one attached hydrogen (secondary N) is 3. The lowest BCUT2D eigenvalue weighted by Crippen LogP contribution is -2.08. The van der Waals surface area contributed by atoms with Crippen molar-refractivity contribution in [3.05, 3.63) is 59.8 Å². The zero-order valence-corrected chi connectivity index (χ0v) is 18.3. The summed E-state index contributed by atoms with van der Waals surface area (Å²) in [5.41, 5.74) is 1.70. The van der Waals surface area contributed by atoms with Crippen LogP contribution in [0.1, 0.15) is 18.4 Å². The van der Waals surface area contributed by atoms with Crippen LogP contribution in [0.5, 0.6) is 5.88 Å². The lowest BCUT2D eigenvalue weighted by molar-refractivity contribution is 0.297. The van der Waals surface area contributed by atoms with Gasteiger partial charge in [-0.1, -0.05) is 6.07 Å². The Hall–Kier alpha value is -3.27. The predicted molar refractivity (Wildman–Crippen MR) is 121 cm³/mol. The van der Waals surface area contributed by atoms with E-state index in [1.807, 2.05) is 0 Å². The number of fused-ring (bicyclic) bond motifs is 7. The first-order valence-electron chi connectivity index (χ1n) is 10.1. The van der Waals surface area contributed by atoms with Crippen LogP contribution in [0.3, 0.4) is 0 Å². The number of aromatic nitrogens is 2. The molecule has 32 heavy (non-hydrogen) atoms. The van der Waals surface area contributed by atoms with Gasteiger partial charge in [0.1, 0.15) is 23.3 Å². The van der Waals surface area contributed by atoms with Crippen molar-refractivity contribution in [2.24, 2.45) is 0 Å². The van der Waals surface area contributed by atoms with Crippen molar-refractivity contribution in [1.82, 2.24) is 9.97 Å². The third-order valence-electron chi connectivity index (χ3n) is 4.83. The number of pyridine rings is 2. The quantitative estimate of drug-likeness (QED) is 0.503. The standard InChI is InChI=1S/C22H23F2N5O2S/c1-32(25,30)13-14-8-21-28-20-11-16(18(24)12-27-20)15-4-5-17(23)19(10-15)26-6-2-3-7-31-22(9-14)29-21/h4-5,8-12,25-26H,2-3,6-7,13H2,1H3,(H,27,28,29). The van der Waals surface area contributed by atoms with E-state index in [0.29, 0.717) is 53.9 Å². The number of hydrogen-bond acceptors (Lipinski definition) is 7. The molecule has 4 rings (SSSR count). The lowest BCUT2D eigenvalue weighted by atomic mass is 10.1. The number of hydrogen-bond donors (Lipinski definition) is 3. The van der Waals surface area contributed by atoms with Gasteiger partial charge in [-0.2, -0.15) is 4.98 Å². The van der Waals surface area contributed by atoms with Crippen LogP contribution in [-0.2, 0) is 15.5 Å². The number of benzene rings is 1. The monoisotopic (exact) mass is 459 g/mol. The minimum Gasteiger partial charge on any atom is -0.478 e. The smallest absolute Gasteiger partial charge is 0.215 e. The second-order valence-electron chi connectivity index (χ2n) is 7.70. The van der Waals surface area contributed by atoms with Crippen LogP contribution < -0.4 is 15.4 Å². The van der Waals surface area contributed by atoms with Crippen molar-refractivity contribution in [2.75, 3.05) is 30.0 Å². The highest BCUT2D eigenvalue weighted by atomic mass is 32.2. The molecule has 3 N–H and O–H groups in total. The summed E-state index contributed by atoms with van der Waals surface area (Å²) < 4.78 is 54.3. The maximum atomic E-state index is 14.6. The SMILES string of the molecule is CS(=N)(=O)Cc1cc2nc(c1)OCCCCNc1cc(ccc1F)-c1cc(ncc1F)N2. The maximum Gasteiger partial charge on any atom is 0.215 e. The Kier molecular flexibility index (Phi) is 6.22. The van der Waals surface area contributed by atoms with Crippen molar-refractivity contribution in [3.63, 3.8) is 0 Å². The van der Waals surface area contributed by atoms with Crippen molar-refractivity contribution < 1.29 is 17.7 Å². The molecule has 10 heteroatoms. The molecular formula is C22H23F2N5O2S. The molecule has 0 saturated carbocycles. The summed E-state index contributed by atoms with van der Waals surface area (Å²) in [6.07, 6.45) is 3.87. The molecular weight excluding hydrogens is 436 g/mol. The van der Waals surface area contributed by atoms with Crippen molar-refractivity contribution in [3.8, 4) is 17.0 Å². The van der Waals surface area contributed by atoms with E-state index in [4.69, 9.17) is 9.52 Å². The third-order valence-corrected chi connectivity index (χ3v) is 5.71. The van der Waals surface area contributed by atoms with Gasteiger partial charge in [-0.25, -0.2) is 18.0 Å². The van der Waals surface area contributed by atoms with Crippen LogP contribution in [0.4, 0.5) is 26.1 Å². The first-order valence-corrected chi connectivity index (χ1v) is 12.2. The molecule has 7 nitrogen and oxygen atoms in total. The van der Waals surface area contributed by atoms with E-state index < -0.39 is 21.4 Å². The van der Waals surface area contributed by atoms with Gasteiger partial charge in [-0.05, 0) is 48.2 Å². The summed E-state index contributed by atoms with van der Waals surface area (Å²) in [5, 5.41) is 6.08. The van der Waals surface area contributed by atoms with Gasteiger partial charge in [-0.15, -0.1) is 0 Å². The summed E-state index contributed by atoms with van der Waals surface area (Å²) in [5.74, 6) is 0.121. The van der Waals surface area contributed by atoms with E-state index in [0.717, 1.165) is 12.6 Å². The van der Waals surface area contributed by atoms with Crippen LogP contribution in [0, 0.1) is 16.4 Å². The van der Waals surface area contributed by atoms with Crippen LogP contribution in [-0.4, -0.2) is 33.6 Å². The molecule has 0 amide bonds. The fourth-order valence-electron chi connectivity index (χ4n) is 3.41. The average Bonchev–Trinajstić information content (AvgIpc) is 2.71. The molecule has 1 atom stereocenters. The van der Waals surface area contributed by atoms with Gasteiger partial charge in [0.2, 0.25) is 5.88 Å². The molecule has 3 heterocycles. The first-order chi connectivity index (χ1) is 15.3. The van der Waals surface area contributed by atoms with Crippen LogP contribution in [0.15, 0.2) is 42.6 Å². The van der Waals surface area contributed by atoms with E-state index in [2.05, 4.69) is 20.6 Å². The van der Waals surface area contributed by atoms with E-state index in [1.54, 1.807) is 18.2 Å². The molecule has 1 aromatic carbocycles. The highest BCUT2D eigenvalue weighted by Crippen LogP contribution is 2.30. The van der Waals surface area contributed by atoms with Gasteiger partial charge in [0.25, 0.3) is 0 Å². The first kappa shape index (κ1) is 21.9. The number of ether oxygens (including phenoxy) is 1. The second kappa shape index (κ2) is 9.07. The van der Waals surface area contributed by atoms with Crippen molar-refractivity contribution in [2.45, 2.75) is 18.6 Å². The van der Waals surface area contributed by atoms with Gasteiger partial charge in [0.15, 0.2) is 0 Å². The third kappa shape index (κ3) is 5.50. The molecule has 0 aliphatic carbocycles. The molecule has 1 unspecified atom stereocenters. The fraction of sp³-hybridized carbons (Fsp3) is 0.273. The summed E-state index contributed by atoms with van der Waals surface area (Å²) in [7, 11) is -2.77. The molecule has 1 aliphatic rings. The van der Waals surface area contributed by atoms with Gasteiger partial charge >= 0.3 is 0 Å². The topological polar surface area (TPSA) is 100.0 Å². The summed E-state index contributed by atoms with van der Waals surface area (Å²) >= 11 is 0. The fourth-order valence-corrected chi connectivity index (χ4v) is 4.22. The lowest BCUT2D eigenvalue weighted by Gasteiger charge is -2.14. The second-order valence-corrected chi connectivity index (χ2v) is 10.00. The van der Waals surface area contributed by atoms with E-state index >= 15 is 0 Å². The number of anilines is 3.